The van der Waals surface area contributed by atoms with E-state index in [1.807, 2.05) is 45.2 Å². The monoisotopic (exact) mass is 468 g/mol. The number of hydrogen-bond acceptors (Lipinski definition) is 4. The van der Waals surface area contributed by atoms with E-state index in [2.05, 4.69) is 61.2 Å². The standard InChI is InChI=1S/C27H26N4S.C2H6/c1-6-8-16(3)20(7-2)19-10-11-23(28)21(13-19)18(5)27-30-24-15-29-14-22(26(24)31-27)25-12-9-17(4)32-25;1-2/h6-15H,1,5,28H2,2-4H3,(H,30,31);1-2H3/b16-8-,20-7+;. The first-order chi connectivity index (χ1) is 16.4. The van der Waals surface area contributed by atoms with Crippen molar-refractivity contribution in [1.82, 2.24) is 15.0 Å². The van der Waals surface area contributed by atoms with E-state index < -0.39 is 0 Å². The van der Waals surface area contributed by atoms with E-state index in [0.717, 1.165) is 49.3 Å². The fourth-order valence-corrected chi connectivity index (χ4v) is 4.72. The van der Waals surface area contributed by atoms with Crippen LogP contribution < -0.4 is 5.73 Å². The summed E-state index contributed by atoms with van der Waals surface area (Å²) >= 11 is 1.73. The number of allylic oxidation sites excluding steroid dienone is 5. The van der Waals surface area contributed by atoms with Crippen molar-refractivity contribution in [1.29, 1.82) is 0 Å². The molecule has 0 spiro atoms. The van der Waals surface area contributed by atoms with Crippen molar-refractivity contribution < 1.29 is 0 Å². The Labute approximate surface area is 206 Å². The van der Waals surface area contributed by atoms with Crippen LogP contribution in [0.5, 0.6) is 0 Å². The summed E-state index contributed by atoms with van der Waals surface area (Å²) in [6.07, 6.45) is 9.55. The number of anilines is 1. The number of nitrogen functional groups attached to an aromatic ring is 1. The van der Waals surface area contributed by atoms with Crippen LogP contribution in [-0.2, 0) is 0 Å². The number of aromatic nitrogens is 3. The van der Waals surface area contributed by atoms with Gasteiger partial charge >= 0.3 is 0 Å². The lowest BCUT2D eigenvalue weighted by molar-refractivity contribution is 1.26. The lowest BCUT2D eigenvalue weighted by atomic mass is 9.94. The molecule has 0 atom stereocenters. The zero-order valence-electron chi connectivity index (χ0n) is 20.6. The van der Waals surface area contributed by atoms with Crippen LogP contribution in [-0.4, -0.2) is 15.0 Å². The first-order valence-electron chi connectivity index (χ1n) is 11.4. The summed E-state index contributed by atoms with van der Waals surface area (Å²) in [7, 11) is 0. The summed E-state index contributed by atoms with van der Waals surface area (Å²) in [4.78, 5) is 15.1. The zero-order chi connectivity index (χ0) is 24.8. The van der Waals surface area contributed by atoms with Gasteiger partial charge in [-0.3, -0.25) is 4.98 Å². The molecule has 0 radical (unpaired) electrons. The number of nitrogens with zero attached hydrogens (tertiary/aromatic N) is 2. The van der Waals surface area contributed by atoms with Gasteiger partial charge in [0, 0.05) is 38.3 Å². The Morgan fingerprint density at radius 3 is 2.56 bits per heavy atom. The summed E-state index contributed by atoms with van der Waals surface area (Å²) in [5.74, 6) is 0.687. The van der Waals surface area contributed by atoms with E-state index in [4.69, 9.17) is 10.7 Å². The van der Waals surface area contributed by atoms with Gasteiger partial charge in [-0.2, -0.15) is 0 Å². The maximum absolute atomic E-state index is 6.36. The number of pyridine rings is 1. The molecule has 0 fully saturated rings. The van der Waals surface area contributed by atoms with E-state index in [0.29, 0.717) is 11.5 Å². The molecule has 0 unspecified atom stereocenters. The van der Waals surface area contributed by atoms with Gasteiger partial charge in [0.15, 0.2) is 0 Å². The van der Waals surface area contributed by atoms with E-state index in [9.17, 15) is 0 Å². The quantitative estimate of drug-likeness (QED) is 0.221. The summed E-state index contributed by atoms with van der Waals surface area (Å²) in [6, 6.07) is 10.2. The molecule has 4 nitrogen and oxygen atoms in total. The summed E-state index contributed by atoms with van der Waals surface area (Å²) in [6.45, 7) is 18.3. The third-order valence-corrected chi connectivity index (χ3v) is 6.49. The number of benzene rings is 1. The van der Waals surface area contributed by atoms with Gasteiger partial charge in [-0.25, -0.2) is 4.98 Å². The van der Waals surface area contributed by atoms with Gasteiger partial charge < -0.3 is 10.7 Å². The number of nitrogens with two attached hydrogens (primary N) is 1. The van der Waals surface area contributed by atoms with Crippen molar-refractivity contribution in [2.45, 2.75) is 34.6 Å². The molecular formula is C29H32N4S. The number of H-pyrrole nitrogens is 1. The van der Waals surface area contributed by atoms with Crippen LogP contribution in [0.15, 0.2) is 79.7 Å². The molecule has 0 bridgehead atoms. The molecule has 1 aromatic carbocycles. The number of imidazole rings is 1. The summed E-state index contributed by atoms with van der Waals surface area (Å²) < 4.78 is 0. The van der Waals surface area contributed by atoms with Gasteiger partial charge in [-0.05, 0) is 61.7 Å². The van der Waals surface area contributed by atoms with Crippen molar-refractivity contribution in [2.75, 3.05) is 5.73 Å². The molecule has 0 aliphatic carbocycles. The highest BCUT2D eigenvalue weighted by atomic mass is 32.1. The highest BCUT2D eigenvalue weighted by molar-refractivity contribution is 7.15. The highest BCUT2D eigenvalue weighted by Gasteiger charge is 2.16. The Kier molecular flexibility index (Phi) is 8.03. The van der Waals surface area contributed by atoms with Gasteiger partial charge in [0.05, 0.1) is 11.7 Å². The molecule has 34 heavy (non-hydrogen) atoms. The Balaban J connectivity index is 0.00000158. The average Bonchev–Trinajstić information content (AvgIpc) is 3.48. The number of aromatic amines is 1. The fourth-order valence-electron chi connectivity index (χ4n) is 3.84. The SMILES string of the molecule is C=C/C=C(C)\C(=C/C)c1ccc(N)c(C(=C)c2nc3c(-c4ccc(C)s4)cncc3[nH]2)c1.CC. The van der Waals surface area contributed by atoms with Gasteiger partial charge in [-0.15, -0.1) is 11.3 Å². The van der Waals surface area contributed by atoms with Crippen molar-refractivity contribution in [3.63, 3.8) is 0 Å². The Morgan fingerprint density at radius 2 is 1.91 bits per heavy atom. The molecule has 4 rings (SSSR count). The molecule has 174 valence electrons. The minimum absolute atomic E-state index is 0.659. The second-order valence-corrected chi connectivity index (χ2v) is 8.94. The number of thiophene rings is 1. The lowest BCUT2D eigenvalue weighted by Gasteiger charge is -2.13. The number of nitrogens with one attached hydrogen (secondary N) is 1. The van der Waals surface area contributed by atoms with E-state index >= 15 is 0 Å². The van der Waals surface area contributed by atoms with Gasteiger partial charge in [0.2, 0.25) is 0 Å². The largest absolute Gasteiger partial charge is 0.398 e. The Morgan fingerprint density at radius 1 is 1.15 bits per heavy atom. The number of fused-ring (bicyclic) bond motifs is 1. The minimum Gasteiger partial charge on any atom is -0.398 e. The van der Waals surface area contributed by atoms with Crippen LogP contribution >= 0.6 is 11.3 Å². The molecule has 0 saturated carbocycles. The van der Waals surface area contributed by atoms with Crippen LogP contribution in [0.3, 0.4) is 0 Å². The van der Waals surface area contributed by atoms with E-state index in [-0.39, 0.29) is 0 Å². The van der Waals surface area contributed by atoms with Gasteiger partial charge in [0.25, 0.3) is 0 Å². The van der Waals surface area contributed by atoms with Crippen LogP contribution in [0.4, 0.5) is 5.69 Å². The molecule has 4 aromatic rings. The third kappa shape index (κ3) is 4.95. The topological polar surface area (TPSA) is 67.6 Å². The highest BCUT2D eigenvalue weighted by Crippen LogP contribution is 2.35. The molecule has 3 aromatic heterocycles. The molecule has 3 N–H and O–H groups in total. The summed E-state index contributed by atoms with van der Waals surface area (Å²) in [5, 5.41) is 0. The second-order valence-electron chi connectivity index (χ2n) is 7.65. The maximum Gasteiger partial charge on any atom is 0.138 e. The Hall–Kier alpha value is -3.70. The van der Waals surface area contributed by atoms with Crippen LogP contribution in [0.2, 0.25) is 0 Å². The van der Waals surface area contributed by atoms with Crippen LogP contribution in [0.1, 0.15) is 49.5 Å². The first kappa shape index (κ1) is 24.9. The number of aryl methyl sites for hydroxylation is 1. The molecule has 0 saturated heterocycles. The molecule has 5 heteroatoms. The predicted molar refractivity (Wildman–Crippen MR) is 150 cm³/mol. The maximum atomic E-state index is 6.36. The molecule has 3 heterocycles. The third-order valence-electron chi connectivity index (χ3n) is 5.46. The summed E-state index contributed by atoms with van der Waals surface area (Å²) in [5.41, 5.74) is 14.7. The van der Waals surface area contributed by atoms with E-state index in [1.165, 1.54) is 4.88 Å². The van der Waals surface area contributed by atoms with Gasteiger partial charge in [-0.1, -0.05) is 51.3 Å². The fraction of sp³-hybridized carbons (Fsp3) is 0.172. The molecule has 0 aliphatic rings. The lowest BCUT2D eigenvalue weighted by Crippen LogP contribution is -1.98. The van der Waals surface area contributed by atoms with Crippen molar-refractivity contribution in [2.24, 2.45) is 0 Å². The first-order valence-corrected chi connectivity index (χ1v) is 12.2. The van der Waals surface area contributed by atoms with Gasteiger partial charge in [0.1, 0.15) is 11.3 Å². The second kappa shape index (κ2) is 10.9. The number of hydrogen-bond donors (Lipinski definition) is 2. The Bertz CT molecular complexity index is 1400. The molecular weight excluding hydrogens is 436 g/mol. The van der Waals surface area contributed by atoms with Crippen molar-refractivity contribution in [3.05, 3.63) is 102 Å². The normalized spacial score (nSPS) is 11.8. The molecule has 0 amide bonds. The van der Waals surface area contributed by atoms with E-state index in [1.54, 1.807) is 23.6 Å². The van der Waals surface area contributed by atoms with Crippen molar-refractivity contribution in [3.8, 4) is 10.4 Å². The van der Waals surface area contributed by atoms with Crippen LogP contribution in [0, 0.1) is 6.92 Å². The smallest absolute Gasteiger partial charge is 0.138 e. The zero-order valence-corrected chi connectivity index (χ0v) is 21.4. The van der Waals surface area contributed by atoms with Crippen LogP contribution in [0.25, 0.3) is 32.6 Å². The average molecular weight is 469 g/mol. The molecule has 0 aliphatic heterocycles. The number of rotatable bonds is 6. The van der Waals surface area contributed by atoms with Crippen molar-refractivity contribution >= 4 is 39.2 Å². The minimum atomic E-state index is 0.659. The predicted octanol–water partition coefficient (Wildman–Crippen LogP) is 8.20.